The van der Waals surface area contributed by atoms with Gasteiger partial charge in [0.2, 0.25) is 0 Å². The van der Waals surface area contributed by atoms with Crippen LogP contribution in [0.25, 0.3) is 10.2 Å². The average Bonchev–Trinajstić information content (AvgIpc) is 2.65. The minimum Gasteiger partial charge on any atom is -0.370 e. The van der Waals surface area contributed by atoms with Gasteiger partial charge in [-0.2, -0.15) is 0 Å². The lowest BCUT2D eigenvalue weighted by atomic mass is 9.79. The Morgan fingerprint density at radius 2 is 2.25 bits per heavy atom. The molecule has 0 amide bonds. The highest BCUT2D eigenvalue weighted by Crippen LogP contribution is 2.43. The summed E-state index contributed by atoms with van der Waals surface area (Å²) < 4.78 is 5.56. The summed E-state index contributed by atoms with van der Waals surface area (Å²) in [6.07, 6.45) is 3.13. The second kappa shape index (κ2) is 3.65. The molecule has 0 bridgehead atoms. The molecule has 0 atom stereocenters. The molecule has 3 rings (SSSR count). The lowest BCUT2D eigenvalue weighted by molar-refractivity contribution is -0.0843. The van der Waals surface area contributed by atoms with Crippen molar-refractivity contribution < 1.29 is 4.74 Å². The molecule has 1 saturated carbocycles. The van der Waals surface area contributed by atoms with Gasteiger partial charge >= 0.3 is 0 Å². The number of nitrogens with zero attached hydrogens (tertiary/aromatic N) is 2. The third kappa shape index (κ3) is 1.37. The second-order valence-corrected chi connectivity index (χ2v) is 5.28. The summed E-state index contributed by atoms with van der Waals surface area (Å²) in [5, 5.41) is 3.44. The maximum atomic E-state index is 6.15. The van der Waals surface area contributed by atoms with Crippen LogP contribution in [0.4, 0.5) is 0 Å². The fourth-order valence-corrected chi connectivity index (χ4v) is 3.09. The van der Waals surface area contributed by atoms with E-state index >= 15 is 0 Å². The van der Waals surface area contributed by atoms with Crippen molar-refractivity contribution in [3.8, 4) is 0 Å². The minimum absolute atomic E-state index is 0.290. The largest absolute Gasteiger partial charge is 0.370 e. The molecular formula is C11H11ClN2OS. The standard InChI is InChI=1S/C11H11ClN2OS/c1-15-11(4-2-5-11)10-13-8(12)7-3-6-16-9(7)14-10/h3,6H,2,4-5H2,1H3. The summed E-state index contributed by atoms with van der Waals surface area (Å²) in [5.74, 6) is 0.737. The molecule has 0 aromatic carbocycles. The van der Waals surface area contributed by atoms with Crippen molar-refractivity contribution >= 4 is 33.2 Å². The van der Waals surface area contributed by atoms with Gasteiger partial charge in [-0.05, 0) is 30.7 Å². The highest BCUT2D eigenvalue weighted by Gasteiger charge is 2.42. The molecule has 0 aliphatic heterocycles. The molecule has 3 nitrogen and oxygen atoms in total. The van der Waals surface area contributed by atoms with Crippen LogP contribution in [0.2, 0.25) is 5.15 Å². The molecule has 5 heteroatoms. The zero-order chi connectivity index (χ0) is 11.2. The van der Waals surface area contributed by atoms with Crippen LogP contribution in [0.3, 0.4) is 0 Å². The first-order chi connectivity index (χ1) is 7.75. The van der Waals surface area contributed by atoms with Crippen molar-refractivity contribution in [2.45, 2.75) is 24.9 Å². The number of aromatic nitrogens is 2. The summed E-state index contributed by atoms with van der Waals surface area (Å²) in [7, 11) is 1.72. The van der Waals surface area contributed by atoms with Gasteiger partial charge in [0, 0.05) is 12.5 Å². The first-order valence-electron chi connectivity index (χ1n) is 5.21. The van der Waals surface area contributed by atoms with Crippen LogP contribution in [0, 0.1) is 0 Å². The zero-order valence-electron chi connectivity index (χ0n) is 8.86. The summed E-state index contributed by atoms with van der Waals surface area (Å²) in [6, 6.07) is 1.95. The van der Waals surface area contributed by atoms with Gasteiger partial charge in [0.25, 0.3) is 0 Å². The van der Waals surface area contributed by atoms with E-state index in [9.17, 15) is 0 Å². The SMILES string of the molecule is COC1(c2nc(Cl)c3ccsc3n2)CCC1. The van der Waals surface area contributed by atoms with E-state index in [0.29, 0.717) is 5.15 Å². The molecule has 0 radical (unpaired) electrons. The monoisotopic (exact) mass is 254 g/mol. The van der Waals surface area contributed by atoms with E-state index in [0.717, 1.165) is 35.3 Å². The maximum absolute atomic E-state index is 6.15. The molecule has 2 heterocycles. The molecule has 0 unspecified atom stereocenters. The van der Waals surface area contributed by atoms with Gasteiger partial charge in [-0.25, -0.2) is 9.97 Å². The molecule has 0 N–H and O–H groups in total. The Morgan fingerprint density at radius 1 is 1.44 bits per heavy atom. The third-order valence-electron chi connectivity index (χ3n) is 3.24. The molecule has 2 aromatic heterocycles. The van der Waals surface area contributed by atoms with Crippen LogP contribution in [0.15, 0.2) is 11.4 Å². The normalized spacial score (nSPS) is 18.6. The highest BCUT2D eigenvalue weighted by atomic mass is 35.5. The number of ether oxygens (including phenoxy) is 1. The molecule has 0 spiro atoms. The van der Waals surface area contributed by atoms with Crippen LogP contribution >= 0.6 is 22.9 Å². The Hall–Kier alpha value is -0.710. The van der Waals surface area contributed by atoms with Crippen molar-refractivity contribution in [2.75, 3.05) is 7.11 Å². The number of fused-ring (bicyclic) bond motifs is 1. The van der Waals surface area contributed by atoms with Gasteiger partial charge in [0.05, 0.1) is 0 Å². The fraction of sp³-hybridized carbons (Fsp3) is 0.455. The van der Waals surface area contributed by atoms with E-state index in [1.807, 2.05) is 11.4 Å². The molecule has 2 aromatic rings. The predicted molar refractivity (Wildman–Crippen MR) is 65.0 cm³/mol. The van der Waals surface area contributed by atoms with Crippen molar-refractivity contribution in [2.24, 2.45) is 0 Å². The Morgan fingerprint density at radius 3 is 2.88 bits per heavy atom. The first kappa shape index (κ1) is 10.4. The summed E-state index contributed by atoms with van der Waals surface area (Å²) in [4.78, 5) is 9.88. The summed E-state index contributed by atoms with van der Waals surface area (Å²) in [5.41, 5.74) is -0.290. The molecule has 1 fully saturated rings. The summed E-state index contributed by atoms with van der Waals surface area (Å²) >= 11 is 7.73. The van der Waals surface area contributed by atoms with Gasteiger partial charge in [-0.3, -0.25) is 0 Å². The number of hydrogen-bond acceptors (Lipinski definition) is 4. The minimum atomic E-state index is -0.290. The molecule has 0 saturated heterocycles. The number of methoxy groups -OCH3 is 1. The van der Waals surface area contributed by atoms with E-state index in [1.165, 1.54) is 0 Å². The first-order valence-corrected chi connectivity index (χ1v) is 6.47. The van der Waals surface area contributed by atoms with E-state index in [-0.39, 0.29) is 5.60 Å². The molecular weight excluding hydrogens is 244 g/mol. The Balaban J connectivity index is 2.16. The van der Waals surface area contributed by atoms with Crippen LogP contribution in [0.1, 0.15) is 25.1 Å². The van der Waals surface area contributed by atoms with Gasteiger partial charge in [0.1, 0.15) is 15.6 Å². The van der Waals surface area contributed by atoms with Crippen molar-refractivity contribution in [3.05, 3.63) is 22.4 Å². The quantitative estimate of drug-likeness (QED) is 0.771. The van der Waals surface area contributed by atoms with Crippen molar-refractivity contribution in [1.29, 1.82) is 0 Å². The van der Waals surface area contributed by atoms with Crippen molar-refractivity contribution in [1.82, 2.24) is 9.97 Å². The number of halogens is 1. The van der Waals surface area contributed by atoms with Crippen LogP contribution in [-0.2, 0) is 10.3 Å². The van der Waals surface area contributed by atoms with Crippen LogP contribution in [0.5, 0.6) is 0 Å². The van der Waals surface area contributed by atoms with Crippen LogP contribution in [-0.4, -0.2) is 17.1 Å². The fourth-order valence-electron chi connectivity index (χ4n) is 2.04. The van der Waals surface area contributed by atoms with E-state index in [1.54, 1.807) is 18.4 Å². The molecule has 16 heavy (non-hydrogen) atoms. The lowest BCUT2D eigenvalue weighted by Gasteiger charge is -2.38. The zero-order valence-corrected chi connectivity index (χ0v) is 10.4. The van der Waals surface area contributed by atoms with Crippen molar-refractivity contribution in [3.63, 3.8) is 0 Å². The molecule has 1 aliphatic carbocycles. The lowest BCUT2D eigenvalue weighted by Crippen LogP contribution is -2.38. The summed E-state index contributed by atoms with van der Waals surface area (Å²) in [6.45, 7) is 0. The number of hydrogen-bond donors (Lipinski definition) is 0. The third-order valence-corrected chi connectivity index (χ3v) is 4.33. The Bertz CT molecular complexity index is 530. The molecule has 84 valence electrons. The van der Waals surface area contributed by atoms with Gasteiger partial charge in [0.15, 0.2) is 5.82 Å². The van der Waals surface area contributed by atoms with Gasteiger partial charge in [-0.1, -0.05) is 11.6 Å². The number of rotatable bonds is 2. The van der Waals surface area contributed by atoms with E-state index in [4.69, 9.17) is 16.3 Å². The maximum Gasteiger partial charge on any atom is 0.163 e. The smallest absolute Gasteiger partial charge is 0.163 e. The van der Waals surface area contributed by atoms with Crippen LogP contribution < -0.4 is 0 Å². The number of thiophene rings is 1. The van der Waals surface area contributed by atoms with E-state index in [2.05, 4.69) is 9.97 Å². The Kier molecular flexibility index (Phi) is 2.38. The highest BCUT2D eigenvalue weighted by molar-refractivity contribution is 7.16. The predicted octanol–water partition coefficient (Wildman–Crippen LogP) is 3.37. The molecule has 1 aliphatic rings. The van der Waals surface area contributed by atoms with Gasteiger partial charge < -0.3 is 4.74 Å². The average molecular weight is 255 g/mol. The van der Waals surface area contributed by atoms with E-state index < -0.39 is 0 Å². The Labute approximate surface area is 102 Å². The topological polar surface area (TPSA) is 35.0 Å². The second-order valence-electron chi connectivity index (χ2n) is 4.03. The van der Waals surface area contributed by atoms with Gasteiger partial charge in [-0.15, -0.1) is 11.3 Å².